The van der Waals surface area contributed by atoms with Crippen molar-refractivity contribution < 1.29 is 4.57 Å². The molecule has 2 heterocycles. The summed E-state index contributed by atoms with van der Waals surface area (Å²) in [6.07, 6.45) is 6.67. The van der Waals surface area contributed by atoms with Crippen LogP contribution >= 0.6 is 0 Å². The van der Waals surface area contributed by atoms with Crippen LogP contribution in [0.1, 0.15) is 16.8 Å². The second kappa shape index (κ2) is 4.71. The quantitative estimate of drug-likeness (QED) is 0.624. The van der Waals surface area contributed by atoms with Gasteiger partial charge in [-0.05, 0) is 6.07 Å². The number of allylic oxidation sites excluding steroid dienone is 1. The van der Waals surface area contributed by atoms with Crippen LogP contribution in [0.15, 0.2) is 91.1 Å². The van der Waals surface area contributed by atoms with Crippen LogP contribution < -0.4 is 4.57 Å². The van der Waals surface area contributed by atoms with E-state index in [1.807, 2.05) is 0 Å². The molecule has 1 aromatic heterocycles. The van der Waals surface area contributed by atoms with Crippen LogP contribution in [0.4, 0.5) is 0 Å². The number of hydrogen-bond acceptors (Lipinski definition) is 0. The average molecular weight is 270 g/mol. The Morgan fingerprint density at radius 1 is 0.619 bits per heavy atom. The molecule has 1 aliphatic rings. The summed E-state index contributed by atoms with van der Waals surface area (Å²) in [6, 6.07) is 27.7. The highest BCUT2D eigenvalue weighted by Gasteiger charge is 2.45. The van der Waals surface area contributed by atoms with E-state index in [2.05, 4.69) is 102 Å². The van der Waals surface area contributed by atoms with Crippen molar-refractivity contribution in [2.24, 2.45) is 0 Å². The van der Waals surface area contributed by atoms with Gasteiger partial charge in [-0.2, -0.15) is 4.57 Å². The SMILES string of the molecule is C1=CC(c2ccccc2)(c2ccccc2)[n+]2ccccc21. The molecule has 0 unspecified atom stereocenters. The number of aromatic nitrogens is 1. The van der Waals surface area contributed by atoms with E-state index < -0.39 is 0 Å². The topological polar surface area (TPSA) is 3.88 Å². The van der Waals surface area contributed by atoms with Crippen molar-refractivity contribution >= 4 is 6.08 Å². The van der Waals surface area contributed by atoms with E-state index in [-0.39, 0.29) is 5.54 Å². The lowest BCUT2D eigenvalue weighted by Crippen LogP contribution is -2.55. The van der Waals surface area contributed by atoms with Crippen LogP contribution in [0.3, 0.4) is 0 Å². The molecule has 4 rings (SSSR count). The monoisotopic (exact) mass is 270 g/mol. The molecule has 0 N–H and O–H groups in total. The zero-order chi connectivity index (χ0) is 14.1. The summed E-state index contributed by atoms with van der Waals surface area (Å²) < 4.78 is 2.34. The zero-order valence-electron chi connectivity index (χ0n) is 11.7. The Labute approximate surface area is 124 Å². The average Bonchev–Trinajstić information content (AvgIpc) is 2.97. The summed E-state index contributed by atoms with van der Waals surface area (Å²) in [7, 11) is 0. The number of fused-ring (bicyclic) bond motifs is 1. The van der Waals surface area contributed by atoms with Crippen LogP contribution in [-0.4, -0.2) is 0 Å². The molecule has 0 amide bonds. The van der Waals surface area contributed by atoms with Gasteiger partial charge in [0.2, 0.25) is 11.2 Å². The van der Waals surface area contributed by atoms with Gasteiger partial charge in [-0.1, -0.05) is 60.7 Å². The summed E-state index contributed by atoms with van der Waals surface area (Å²) in [5, 5.41) is 0. The molecule has 0 saturated carbocycles. The van der Waals surface area contributed by atoms with E-state index in [4.69, 9.17) is 0 Å². The Bertz CT molecular complexity index is 749. The number of nitrogens with zero attached hydrogens (tertiary/aromatic N) is 1. The molecule has 0 aliphatic carbocycles. The molecule has 0 bridgehead atoms. The molecule has 100 valence electrons. The first kappa shape index (κ1) is 12.1. The molecule has 21 heavy (non-hydrogen) atoms. The summed E-state index contributed by atoms with van der Waals surface area (Å²) in [5.41, 5.74) is 3.54. The molecular formula is C20H16N+. The van der Waals surface area contributed by atoms with E-state index in [0.29, 0.717) is 0 Å². The molecule has 0 spiro atoms. The van der Waals surface area contributed by atoms with Crippen molar-refractivity contribution in [3.05, 3.63) is 108 Å². The van der Waals surface area contributed by atoms with Gasteiger partial charge in [0.1, 0.15) is 0 Å². The summed E-state index contributed by atoms with van der Waals surface area (Å²) >= 11 is 0. The first-order valence-corrected chi connectivity index (χ1v) is 7.23. The second-order valence-corrected chi connectivity index (χ2v) is 5.33. The van der Waals surface area contributed by atoms with Crippen molar-refractivity contribution in [1.82, 2.24) is 0 Å². The van der Waals surface area contributed by atoms with E-state index in [1.54, 1.807) is 0 Å². The van der Waals surface area contributed by atoms with Gasteiger partial charge < -0.3 is 0 Å². The fourth-order valence-corrected chi connectivity index (χ4v) is 3.22. The Morgan fingerprint density at radius 2 is 1.19 bits per heavy atom. The van der Waals surface area contributed by atoms with E-state index >= 15 is 0 Å². The maximum Gasteiger partial charge on any atom is 0.238 e. The molecule has 2 aromatic carbocycles. The molecule has 0 radical (unpaired) electrons. The molecular weight excluding hydrogens is 254 g/mol. The molecule has 1 nitrogen and oxygen atoms in total. The number of pyridine rings is 1. The first-order valence-electron chi connectivity index (χ1n) is 7.23. The van der Waals surface area contributed by atoms with Gasteiger partial charge in [0.25, 0.3) is 0 Å². The van der Waals surface area contributed by atoms with Gasteiger partial charge in [0, 0.05) is 35.4 Å². The van der Waals surface area contributed by atoms with Gasteiger partial charge in [-0.3, -0.25) is 0 Å². The summed E-state index contributed by atoms with van der Waals surface area (Å²) in [4.78, 5) is 0. The molecule has 0 atom stereocenters. The van der Waals surface area contributed by atoms with Crippen LogP contribution in [0.25, 0.3) is 6.08 Å². The predicted octanol–water partition coefficient (Wildman–Crippen LogP) is 3.79. The molecule has 0 fully saturated rings. The highest BCUT2D eigenvalue weighted by atomic mass is 15.1. The second-order valence-electron chi connectivity index (χ2n) is 5.33. The minimum absolute atomic E-state index is 0.251. The maximum atomic E-state index is 2.34. The van der Waals surface area contributed by atoms with Crippen LogP contribution in [0, 0.1) is 0 Å². The van der Waals surface area contributed by atoms with Gasteiger partial charge in [0.05, 0.1) is 0 Å². The fourth-order valence-electron chi connectivity index (χ4n) is 3.22. The lowest BCUT2D eigenvalue weighted by Gasteiger charge is -2.24. The lowest BCUT2D eigenvalue weighted by atomic mass is 9.83. The summed E-state index contributed by atoms with van der Waals surface area (Å²) in [6.45, 7) is 0. The van der Waals surface area contributed by atoms with Crippen molar-refractivity contribution in [2.45, 2.75) is 5.54 Å². The zero-order valence-corrected chi connectivity index (χ0v) is 11.7. The first-order chi connectivity index (χ1) is 10.4. The highest BCUT2D eigenvalue weighted by molar-refractivity contribution is 5.54. The van der Waals surface area contributed by atoms with Gasteiger partial charge in [-0.15, -0.1) is 0 Å². The number of benzene rings is 2. The fraction of sp³-hybridized carbons (Fsp3) is 0.0500. The third kappa shape index (κ3) is 1.74. The molecule has 1 heteroatoms. The Hall–Kier alpha value is -2.67. The molecule has 1 aliphatic heterocycles. The van der Waals surface area contributed by atoms with Crippen LogP contribution in [0.2, 0.25) is 0 Å². The normalized spacial score (nSPS) is 14.9. The smallest absolute Gasteiger partial charge is 0.181 e. The predicted molar refractivity (Wildman–Crippen MR) is 84.7 cm³/mol. The van der Waals surface area contributed by atoms with E-state index in [0.717, 1.165) is 0 Å². The Morgan fingerprint density at radius 3 is 1.81 bits per heavy atom. The highest BCUT2D eigenvalue weighted by Crippen LogP contribution is 2.34. The standard InChI is InChI=1S/C20H16N/c1-3-9-17(10-4-1)20(18-11-5-2-6-12-18)15-14-19-13-7-8-16-21(19)20/h1-16H/q+1. The Kier molecular flexibility index (Phi) is 2.71. The minimum atomic E-state index is -0.251. The lowest BCUT2D eigenvalue weighted by molar-refractivity contribution is -0.729. The largest absolute Gasteiger partial charge is 0.238 e. The van der Waals surface area contributed by atoms with Gasteiger partial charge in [0.15, 0.2) is 6.20 Å². The maximum absolute atomic E-state index is 2.34. The summed E-state index contributed by atoms with van der Waals surface area (Å²) in [5.74, 6) is 0. The third-order valence-corrected chi connectivity index (χ3v) is 4.19. The minimum Gasteiger partial charge on any atom is -0.181 e. The number of rotatable bonds is 2. The van der Waals surface area contributed by atoms with Crippen molar-refractivity contribution in [2.75, 3.05) is 0 Å². The van der Waals surface area contributed by atoms with Gasteiger partial charge in [-0.25, -0.2) is 0 Å². The van der Waals surface area contributed by atoms with Crippen LogP contribution in [0.5, 0.6) is 0 Å². The van der Waals surface area contributed by atoms with Crippen molar-refractivity contribution in [3.63, 3.8) is 0 Å². The van der Waals surface area contributed by atoms with Crippen LogP contribution in [-0.2, 0) is 5.54 Å². The van der Waals surface area contributed by atoms with E-state index in [1.165, 1.54) is 16.8 Å². The molecule has 3 aromatic rings. The third-order valence-electron chi connectivity index (χ3n) is 4.19. The van der Waals surface area contributed by atoms with Gasteiger partial charge >= 0.3 is 0 Å². The molecule has 0 saturated heterocycles. The van der Waals surface area contributed by atoms with E-state index in [9.17, 15) is 0 Å². The Balaban J connectivity index is 2.05. The number of hydrogen-bond donors (Lipinski definition) is 0. The van der Waals surface area contributed by atoms with Crippen molar-refractivity contribution in [3.8, 4) is 0 Å². The van der Waals surface area contributed by atoms with Crippen molar-refractivity contribution in [1.29, 1.82) is 0 Å².